The molecule has 0 radical (unpaired) electrons. The molecule has 0 saturated heterocycles. The van der Waals surface area contributed by atoms with E-state index >= 15 is 0 Å². The van der Waals surface area contributed by atoms with Crippen LogP contribution in [0.5, 0.6) is 17.4 Å². The molecule has 2 N–H and O–H groups in total. The van der Waals surface area contributed by atoms with Crippen molar-refractivity contribution in [2.24, 2.45) is 5.73 Å². The number of benzene rings is 1. The summed E-state index contributed by atoms with van der Waals surface area (Å²) < 4.78 is 12.5. The summed E-state index contributed by atoms with van der Waals surface area (Å²) in [5, 5.41) is 0. The van der Waals surface area contributed by atoms with E-state index in [4.69, 9.17) is 15.2 Å². The quantitative estimate of drug-likeness (QED) is 0.865. The third kappa shape index (κ3) is 3.46. The van der Waals surface area contributed by atoms with E-state index in [1.165, 1.54) is 0 Å². The molecule has 6 heteroatoms. The third-order valence-electron chi connectivity index (χ3n) is 2.46. The minimum Gasteiger partial charge on any atom is -0.496 e. The molecule has 4 nitrogen and oxygen atoms in total. The van der Waals surface area contributed by atoms with Crippen molar-refractivity contribution in [1.82, 2.24) is 4.98 Å². The first-order valence-corrected chi connectivity index (χ1v) is 7.08. The maximum absolute atomic E-state index is 5.73. The number of ether oxygens (including phenoxy) is 2. The van der Waals surface area contributed by atoms with E-state index in [0.29, 0.717) is 18.2 Å². The number of nitrogens with two attached hydrogens (primary N) is 1. The maximum Gasteiger partial charge on any atom is 0.219 e. The fourth-order valence-corrected chi connectivity index (χ4v) is 2.38. The molecule has 0 atom stereocenters. The highest BCUT2D eigenvalue weighted by Crippen LogP contribution is 2.37. The molecule has 1 heterocycles. The number of pyridine rings is 1. The van der Waals surface area contributed by atoms with Crippen LogP contribution in [0, 0.1) is 0 Å². The van der Waals surface area contributed by atoms with Gasteiger partial charge in [-0.25, -0.2) is 4.98 Å². The van der Waals surface area contributed by atoms with Crippen LogP contribution < -0.4 is 15.2 Å². The van der Waals surface area contributed by atoms with Crippen LogP contribution in [0.3, 0.4) is 0 Å². The second-order valence-corrected chi connectivity index (χ2v) is 5.43. The molecule has 2 aromatic rings. The van der Waals surface area contributed by atoms with Crippen LogP contribution in [0.15, 0.2) is 39.4 Å². The fourth-order valence-electron chi connectivity index (χ4n) is 1.49. The number of hydrogen-bond donors (Lipinski definition) is 1. The van der Waals surface area contributed by atoms with Gasteiger partial charge in [-0.2, -0.15) is 0 Å². The Kier molecular flexibility index (Phi) is 4.79. The first kappa shape index (κ1) is 14.3. The number of methoxy groups -OCH3 is 1. The lowest BCUT2D eigenvalue weighted by atomic mass is 10.3. The van der Waals surface area contributed by atoms with E-state index in [1.807, 2.05) is 24.3 Å². The van der Waals surface area contributed by atoms with E-state index in [0.717, 1.165) is 20.3 Å². The molecule has 0 bridgehead atoms. The molecular weight excluding hydrogens is 376 g/mol. The second-order valence-electron chi connectivity index (χ2n) is 3.73. The first-order chi connectivity index (χ1) is 9.13. The Morgan fingerprint density at radius 1 is 1.16 bits per heavy atom. The van der Waals surface area contributed by atoms with Gasteiger partial charge in [0.2, 0.25) is 5.88 Å². The molecular formula is C13H12Br2N2O2. The summed E-state index contributed by atoms with van der Waals surface area (Å²) >= 11 is 6.85. The van der Waals surface area contributed by atoms with Crippen LogP contribution in [0.25, 0.3) is 0 Å². The molecule has 0 spiro atoms. The maximum atomic E-state index is 5.73. The zero-order chi connectivity index (χ0) is 13.8. The highest BCUT2D eigenvalue weighted by molar-refractivity contribution is 9.11. The van der Waals surface area contributed by atoms with Crippen LogP contribution >= 0.6 is 31.9 Å². The monoisotopic (exact) mass is 386 g/mol. The average Bonchev–Trinajstić information content (AvgIpc) is 2.42. The van der Waals surface area contributed by atoms with Gasteiger partial charge in [0.05, 0.1) is 16.1 Å². The number of nitrogens with zero attached hydrogens (tertiary/aromatic N) is 1. The first-order valence-electron chi connectivity index (χ1n) is 5.50. The lowest BCUT2D eigenvalue weighted by Crippen LogP contribution is -1.97. The van der Waals surface area contributed by atoms with Gasteiger partial charge in [0.15, 0.2) is 0 Å². The Labute approximate surface area is 128 Å². The van der Waals surface area contributed by atoms with Gasteiger partial charge in [-0.3, -0.25) is 0 Å². The molecule has 0 saturated carbocycles. The van der Waals surface area contributed by atoms with Crippen molar-refractivity contribution in [1.29, 1.82) is 0 Å². The fraction of sp³-hybridized carbons (Fsp3) is 0.154. The molecule has 0 amide bonds. The summed E-state index contributed by atoms with van der Waals surface area (Å²) in [7, 11) is 1.61. The lowest BCUT2D eigenvalue weighted by molar-refractivity contribution is 0.408. The summed E-state index contributed by atoms with van der Waals surface area (Å²) in [5.74, 6) is 1.87. The lowest BCUT2D eigenvalue weighted by Gasteiger charge is -2.10. The van der Waals surface area contributed by atoms with E-state index in [9.17, 15) is 0 Å². The molecule has 0 aliphatic rings. The van der Waals surface area contributed by atoms with E-state index in [1.54, 1.807) is 13.3 Å². The summed E-state index contributed by atoms with van der Waals surface area (Å²) in [6.45, 7) is 0.451. The molecule has 2 rings (SSSR count). The summed E-state index contributed by atoms with van der Waals surface area (Å²) in [6.07, 6.45) is 1.67. The number of hydrogen-bond acceptors (Lipinski definition) is 4. The highest BCUT2D eigenvalue weighted by Gasteiger charge is 2.10. The molecule has 0 aliphatic carbocycles. The predicted octanol–water partition coefficient (Wildman–Crippen LogP) is 3.87. The Balaban J connectivity index is 2.30. The zero-order valence-electron chi connectivity index (χ0n) is 10.2. The van der Waals surface area contributed by atoms with Crippen molar-refractivity contribution in [3.8, 4) is 17.4 Å². The van der Waals surface area contributed by atoms with Gasteiger partial charge >= 0.3 is 0 Å². The van der Waals surface area contributed by atoms with Crippen LogP contribution in [0.2, 0.25) is 0 Å². The molecule has 1 aromatic heterocycles. The highest BCUT2D eigenvalue weighted by atomic mass is 79.9. The molecule has 0 aliphatic heterocycles. The van der Waals surface area contributed by atoms with E-state index < -0.39 is 0 Å². The summed E-state index contributed by atoms with van der Waals surface area (Å²) in [4.78, 5) is 4.15. The minimum absolute atomic E-state index is 0.451. The van der Waals surface area contributed by atoms with Gasteiger partial charge < -0.3 is 15.2 Å². The standard InChI is InChI=1S/C13H12Br2N2O2/c1-18-11-5-10(15)12(6-9(11)14)19-13-4-8(7-16)2-3-17-13/h2-6H,7,16H2,1H3. The Morgan fingerprint density at radius 3 is 2.53 bits per heavy atom. The smallest absolute Gasteiger partial charge is 0.219 e. The summed E-state index contributed by atoms with van der Waals surface area (Å²) in [5.41, 5.74) is 6.55. The molecule has 100 valence electrons. The Hall–Kier alpha value is -1.11. The molecule has 1 aromatic carbocycles. The van der Waals surface area contributed by atoms with Crippen LogP contribution in [-0.4, -0.2) is 12.1 Å². The predicted molar refractivity (Wildman–Crippen MR) is 80.6 cm³/mol. The molecule has 19 heavy (non-hydrogen) atoms. The Morgan fingerprint density at radius 2 is 1.84 bits per heavy atom. The van der Waals surface area contributed by atoms with Gasteiger partial charge in [-0.1, -0.05) is 0 Å². The van der Waals surface area contributed by atoms with Crippen molar-refractivity contribution in [3.05, 3.63) is 45.0 Å². The second kappa shape index (κ2) is 6.36. The Bertz CT molecular complexity index is 591. The third-order valence-corrected chi connectivity index (χ3v) is 3.70. The van der Waals surface area contributed by atoms with Gasteiger partial charge in [-0.15, -0.1) is 0 Å². The topological polar surface area (TPSA) is 57.4 Å². The number of aromatic nitrogens is 1. The summed E-state index contributed by atoms with van der Waals surface area (Å²) in [6, 6.07) is 7.31. The van der Waals surface area contributed by atoms with Gasteiger partial charge in [0.25, 0.3) is 0 Å². The van der Waals surface area contributed by atoms with Crippen molar-refractivity contribution >= 4 is 31.9 Å². The molecule has 0 fully saturated rings. The van der Waals surface area contributed by atoms with Crippen LogP contribution in [0.1, 0.15) is 5.56 Å². The van der Waals surface area contributed by atoms with Crippen LogP contribution in [0.4, 0.5) is 0 Å². The number of rotatable bonds is 4. The van der Waals surface area contributed by atoms with Crippen LogP contribution in [-0.2, 0) is 6.54 Å². The average molecular weight is 388 g/mol. The minimum atomic E-state index is 0.451. The van der Waals surface area contributed by atoms with Crippen molar-refractivity contribution < 1.29 is 9.47 Å². The SMILES string of the molecule is COc1cc(Br)c(Oc2cc(CN)ccn2)cc1Br. The largest absolute Gasteiger partial charge is 0.496 e. The van der Waals surface area contributed by atoms with E-state index in [2.05, 4.69) is 36.8 Å². The van der Waals surface area contributed by atoms with Crippen molar-refractivity contribution in [2.75, 3.05) is 7.11 Å². The van der Waals surface area contributed by atoms with Gasteiger partial charge in [0, 0.05) is 18.8 Å². The zero-order valence-corrected chi connectivity index (χ0v) is 13.4. The van der Waals surface area contributed by atoms with Crippen molar-refractivity contribution in [3.63, 3.8) is 0 Å². The van der Waals surface area contributed by atoms with Crippen molar-refractivity contribution in [2.45, 2.75) is 6.54 Å². The normalized spacial score (nSPS) is 10.3. The number of halogens is 2. The van der Waals surface area contributed by atoms with Gasteiger partial charge in [0.1, 0.15) is 11.5 Å². The van der Waals surface area contributed by atoms with Gasteiger partial charge in [-0.05, 0) is 55.6 Å². The van der Waals surface area contributed by atoms with E-state index in [-0.39, 0.29) is 0 Å². The molecule has 0 unspecified atom stereocenters.